The molecule has 19 heavy (non-hydrogen) atoms. The van der Waals surface area contributed by atoms with Crippen molar-refractivity contribution in [3.05, 3.63) is 34.7 Å². The Morgan fingerprint density at radius 1 is 1.47 bits per heavy atom. The number of pyridine rings is 1. The monoisotopic (exact) mass is 279 g/mol. The van der Waals surface area contributed by atoms with Crippen LogP contribution in [-0.2, 0) is 0 Å². The van der Waals surface area contributed by atoms with E-state index in [0.29, 0.717) is 10.7 Å². The summed E-state index contributed by atoms with van der Waals surface area (Å²) in [5, 5.41) is 0.593. The Hall–Kier alpha value is -1.55. The average Bonchev–Trinajstić information content (AvgIpc) is 2.70. The molecule has 0 spiro atoms. The molecule has 0 saturated heterocycles. The standard InChI is InChI=1S/C14H18ClN3O/c1-4-5-8-17(3)14(19)13-10(2)16-12-7-6-11(15)9-18(12)13/h6-7,9H,4-5,8H2,1-3H3. The minimum absolute atomic E-state index is 0.0132. The number of carbonyl (C=O) groups is 1. The summed E-state index contributed by atoms with van der Waals surface area (Å²) in [6.07, 6.45) is 3.80. The van der Waals surface area contributed by atoms with Gasteiger partial charge in [0.2, 0.25) is 0 Å². The Morgan fingerprint density at radius 3 is 2.89 bits per heavy atom. The van der Waals surface area contributed by atoms with Gasteiger partial charge in [-0.15, -0.1) is 0 Å². The van der Waals surface area contributed by atoms with E-state index in [4.69, 9.17) is 11.6 Å². The molecule has 2 rings (SSSR count). The van der Waals surface area contributed by atoms with Gasteiger partial charge in [-0.25, -0.2) is 4.98 Å². The predicted octanol–water partition coefficient (Wildman–Crippen LogP) is 3.17. The van der Waals surface area contributed by atoms with Crippen LogP contribution < -0.4 is 0 Å². The molecule has 102 valence electrons. The molecule has 4 nitrogen and oxygen atoms in total. The number of aromatic nitrogens is 2. The largest absolute Gasteiger partial charge is 0.340 e. The zero-order valence-corrected chi connectivity index (χ0v) is 12.2. The molecule has 0 aliphatic heterocycles. The van der Waals surface area contributed by atoms with Crippen LogP contribution in [0.3, 0.4) is 0 Å². The Bertz CT molecular complexity index is 606. The van der Waals surface area contributed by atoms with Crippen LogP contribution in [0.15, 0.2) is 18.3 Å². The molecule has 0 saturated carbocycles. The van der Waals surface area contributed by atoms with Crippen LogP contribution in [0.4, 0.5) is 0 Å². The van der Waals surface area contributed by atoms with Crippen molar-refractivity contribution >= 4 is 23.2 Å². The van der Waals surface area contributed by atoms with Crippen molar-refractivity contribution < 1.29 is 4.79 Å². The Labute approximate surface area is 118 Å². The first-order valence-electron chi connectivity index (χ1n) is 6.44. The third-order valence-corrected chi connectivity index (χ3v) is 3.38. The SMILES string of the molecule is CCCCN(C)C(=O)c1c(C)nc2ccc(Cl)cn12. The van der Waals surface area contributed by atoms with E-state index in [1.54, 1.807) is 21.6 Å². The van der Waals surface area contributed by atoms with E-state index in [0.717, 1.165) is 30.7 Å². The number of unbranched alkanes of at least 4 members (excludes halogenated alkanes) is 1. The molecule has 2 aromatic rings. The van der Waals surface area contributed by atoms with Crippen LogP contribution in [0, 0.1) is 6.92 Å². The quantitative estimate of drug-likeness (QED) is 0.862. The molecule has 0 atom stereocenters. The first-order valence-corrected chi connectivity index (χ1v) is 6.82. The minimum Gasteiger partial charge on any atom is -0.340 e. The molecule has 5 heteroatoms. The number of aryl methyl sites for hydroxylation is 1. The van der Waals surface area contributed by atoms with E-state index in [1.165, 1.54) is 0 Å². The lowest BCUT2D eigenvalue weighted by molar-refractivity contribution is 0.0785. The number of halogens is 1. The molecular formula is C14H18ClN3O. The van der Waals surface area contributed by atoms with E-state index in [9.17, 15) is 4.79 Å². The molecule has 0 unspecified atom stereocenters. The molecular weight excluding hydrogens is 262 g/mol. The maximum Gasteiger partial charge on any atom is 0.272 e. The second-order valence-electron chi connectivity index (χ2n) is 4.70. The van der Waals surface area contributed by atoms with Crippen LogP contribution >= 0.6 is 11.6 Å². The highest BCUT2D eigenvalue weighted by molar-refractivity contribution is 6.30. The van der Waals surface area contributed by atoms with Crippen LogP contribution in [0.2, 0.25) is 5.02 Å². The molecule has 0 radical (unpaired) electrons. The predicted molar refractivity (Wildman–Crippen MR) is 76.8 cm³/mol. The summed E-state index contributed by atoms with van der Waals surface area (Å²) in [5.74, 6) is -0.0132. The number of imidazole rings is 1. The van der Waals surface area contributed by atoms with Gasteiger partial charge in [0, 0.05) is 19.8 Å². The number of hydrogen-bond donors (Lipinski definition) is 0. The van der Waals surface area contributed by atoms with Crippen molar-refractivity contribution in [3.63, 3.8) is 0 Å². The topological polar surface area (TPSA) is 37.6 Å². The van der Waals surface area contributed by atoms with E-state index < -0.39 is 0 Å². The lowest BCUT2D eigenvalue weighted by Gasteiger charge is -2.16. The highest BCUT2D eigenvalue weighted by Gasteiger charge is 2.19. The van der Waals surface area contributed by atoms with Crippen LogP contribution in [0.5, 0.6) is 0 Å². The molecule has 0 aliphatic rings. The van der Waals surface area contributed by atoms with Crippen molar-refractivity contribution in [3.8, 4) is 0 Å². The number of nitrogens with zero attached hydrogens (tertiary/aromatic N) is 3. The van der Waals surface area contributed by atoms with Gasteiger partial charge in [-0.2, -0.15) is 0 Å². The van der Waals surface area contributed by atoms with Crippen molar-refractivity contribution in [2.75, 3.05) is 13.6 Å². The van der Waals surface area contributed by atoms with E-state index in [1.807, 2.05) is 20.0 Å². The average molecular weight is 280 g/mol. The van der Waals surface area contributed by atoms with Crippen molar-refractivity contribution in [1.29, 1.82) is 0 Å². The van der Waals surface area contributed by atoms with E-state index >= 15 is 0 Å². The molecule has 2 aromatic heterocycles. The third kappa shape index (κ3) is 2.73. The summed E-state index contributed by atoms with van der Waals surface area (Å²) in [5.41, 5.74) is 2.07. The second kappa shape index (κ2) is 5.61. The fourth-order valence-corrected chi connectivity index (χ4v) is 2.23. The highest BCUT2D eigenvalue weighted by atomic mass is 35.5. The van der Waals surface area contributed by atoms with Gasteiger partial charge in [0.1, 0.15) is 11.3 Å². The number of fused-ring (bicyclic) bond motifs is 1. The molecule has 0 bridgehead atoms. The molecule has 0 N–H and O–H groups in total. The highest BCUT2D eigenvalue weighted by Crippen LogP contribution is 2.17. The fourth-order valence-electron chi connectivity index (χ4n) is 2.07. The summed E-state index contributed by atoms with van der Waals surface area (Å²) >= 11 is 5.99. The minimum atomic E-state index is -0.0132. The van der Waals surface area contributed by atoms with Gasteiger partial charge in [0.15, 0.2) is 0 Å². The van der Waals surface area contributed by atoms with Gasteiger partial charge in [0.05, 0.1) is 10.7 Å². The molecule has 2 heterocycles. The summed E-state index contributed by atoms with van der Waals surface area (Å²) in [6, 6.07) is 3.59. The van der Waals surface area contributed by atoms with Gasteiger partial charge in [0.25, 0.3) is 5.91 Å². The van der Waals surface area contributed by atoms with Crippen molar-refractivity contribution in [2.24, 2.45) is 0 Å². The Balaban J connectivity index is 2.41. The molecule has 0 fully saturated rings. The Kier molecular flexibility index (Phi) is 4.10. The van der Waals surface area contributed by atoms with Crippen LogP contribution in [0.25, 0.3) is 5.65 Å². The van der Waals surface area contributed by atoms with Crippen molar-refractivity contribution in [2.45, 2.75) is 26.7 Å². The van der Waals surface area contributed by atoms with E-state index in [-0.39, 0.29) is 5.91 Å². The molecule has 0 aromatic carbocycles. The first kappa shape index (κ1) is 13.9. The summed E-state index contributed by atoms with van der Waals surface area (Å²) in [7, 11) is 1.82. The van der Waals surface area contributed by atoms with Gasteiger partial charge in [-0.1, -0.05) is 24.9 Å². The van der Waals surface area contributed by atoms with Gasteiger partial charge in [-0.3, -0.25) is 9.20 Å². The number of carbonyl (C=O) groups excluding carboxylic acids is 1. The lowest BCUT2D eigenvalue weighted by Crippen LogP contribution is -2.29. The third-order valence-electron chi connectivity index (χ3n) is 3.15. The van der Waals surface area contributed by atoms with Gasteiger partial charge in [-0.05, 0) is 25.5 Å². The zero-order valence-electron chi connectivity index (χ0n) is 11.5. The number of amides is 1. The maximum atomic E-state index is 12.5. The van der Waals surface area contributed by atoms with Crippen LogP contribution in [0.1, 0.15) is 35.9 Å². The number of hydrogen-bond acceptors (Lipinski definition) is 2. The fraction of sp³-hybridized carbons (Fsp3) is 0.429. The van der Waals surface area contributed by atoms with E-state index in [2.05, 4.69) is 11.9 Å². The zero-order chi connectivity index (χ0) is 14.0. The Morgan fingerprint density at radius 2 is 2.21 bits per heavy atom. The normalized spacial score (nSPS) is 10.9. The lowest BCUT2D eigenvalue weighted by atomic mass is 10.2. The smallest absolute Gasteiger partial charge is 0.272 e. The van der Waals surface area contributed by atoms with Crippen molar-refractivity contribution in [1.82, 2.24) is 14.3 Å². The molecule has 0 aliphatic carbocycles. The number of rotatable bonds is 4. The van der Waals surface area contributed by atoms with Gasteiger partial charge >= 0.3 is 0 Å². The second-order valence-corrected chi connectivity index (χ2v) is 5.14. The molecule has 1 amide bonds. The summed E-state index contributed by atoms with van der Waals surface area (Å²) in [4.78, 5) is 18.6. The first-order chi connectivity index (χ1) is 9.04. The summed E-state index contributed by atoms with van der Waals surface area (Å²) < 4.78 is 1.77. The maximum absolute atomic E-state index is 12.5. The van der Waals surface area contributed by atoms with Gasteiger partial charge < -0.3 is 4.90 Å². The summed E-state index contributed by atoms with van der Waals surface area (Å²) in [6.45, 7) is 4.71. The van der Waals surface area contributed by atoms with Crippen LogP contribution in [-0.4, -0.2) is 33.8 Å².